The van der Waals surface area contributed by atoms with Crippen molar-refractivity contribution in [3.05, 3.63) is 146 Å². The van der Waals surface area contributed by atoms with Gasteiger partial charge in [-0.1, -0.05) is 352 Å². The van der Waals surface area contributed by atoms with Crippen molar-refractivity contribution < 1.29 is 42.9 Å². The van der Waals surface area contributed by atoms with E-state index in [4.69, 9.17) is 18.9 Å². The van der Waals surface area contributed by atoms with Crippen LogP contribution in [0.15, 0.2) is 146 Å². The largest absolute Gasteiger partial charge is 0.477 e. The van der Waals surface area contributed by atoms with E-state index in [0.29, 0.717) is 23.9 Å². The van der Waals surface area contributed by atoms with Crippen LogP contribution in [0.4, 0.5) is 0 Å². The van der Waals surface area contributed by atoms with Gasteiger partial charge in [-0.15, -0.1) is 0 Å². The summed E-state index contributed by atoms with van der Waals surface area (Å²) in [5, 5.41) is 9.78. The fourth-order valence-corrected chi connectivity index (χ4v) is 11.1. The van der Waals surface area contributed by atoms with Crippen LogP contribution in [0, 0.1) is 0 Å². The number of rotatable bonds is 73. The van der Waals surface area contributed by atoms with Gasteiger partial charge >= 0.3 is 17.9 Å². The minimum atomic E-state index is -1.52. The maximum Gasteiger partial charge on any atom is 0.361 e. The molecule has 0 radical (unpaired) electrons. The molecule has 0 fully saturated rings. The Morgan fingerprint density at radius 3 is 0.825 bits per heavy atom. The summed E-state index contributed by atoms with van der Waals surface area (Å²) in [6.07, 6.45) is 110. The molecule has 0 amide bonds. The quantitative estimate of drug-likeness (QED) is 0.0211. The summed E-state index contributed by atoms with van der Waals surface area (Å²) >= 11 is 0. The lowest BCUT2D eigenvalue weighted by Gasteiger charge is -2.25. The highest BCUT2D eigenvalue weighted by Gasteiger charge is 2.25. The topological polar surface area (TPSA) is 108 Å². The van der Waals surface area contributed by atoms with Crippen molar-refractivity contribution in [3.63, 3.8) is 0 Å². The third-order valence-corrected chi connectivity index (χ3v) is 17.1. The molecule has 0 heterocycles. The lowest BCUT2D eigenvalue weighted by Crippen LogP contribution is -2.40. The van der Waals surface area contributed by atoms with Gasteiger partial charge < -0.3 is 28.5 Å². The lowest BCUT2D eigenvalue weighted by atomic mass is 10.0. The Morgan fingerprint density at radius 2 is 0.557 bits per heavy atom. The number of unbranched alkanes of at least 4 members (excludes halogenated alkanes) is 34. The van der Waals surface area contributed by atoms with Crippen molar-refractivity contribution in [2.45, 2.75) is 347 Å². The first-order chi connectivity index (χ1) is 47.6. The summed E-state index contributed by atoms with van der Waals surface area (Å²) in [5.41, 5.74) is 0. The summed E-state index contributed by atoms with van der Waals surface area (Å²) in [6, 6.07) is 0. The van der Waals surface area contributed by atoms with Gasteiger partial charge in [-0.2, -0.15) is 0 Å². The predicted octanol–water partition coefficient (Wildman–Crippen LogP) is 25.8. The maximum atomic E-state index is 13.0. The third kappa shape index (κ3) is 78.4. The Balaban J connectivity index is 4.03. The molecular formula is C88H150NO8+. The molecule has 0 saturated carbocycles. The van der Waals surface area contributed by atoms with Crippen LogP contribution in [-0.4, -0.2) is 87.4 Å². The van der Waals surface area contributed by atoms with Crippen molar-refractivity contribution >= 4 is 17.9 Å². The van der Waals surface area contributed by atoms with E-state index in [-0.39, 0.29) is 32.2 Å². The number of carbonyl (C=O) groups excluding carboxylic acids is 2. The Labute approximate surface area is 598 Å². The number of quaternary nitrogens is 1. The Bertz CT molecular complexity index is 2110. The van der Waals surface area contributed by atoms with E-state index >= 15 is 0 Å². The van der Waals surface area contributed by atoms with Crippen molar-refractivity contribution in [1.29, 1.82) is 0 Å². The van der Waals surface area contributed by atoms with E-state index in [1.165, 1.54) is 180 Å². The average molecular weight is 1350 g/mol. The molecule has 0 aliphatic rings. The molecule has 0 rings (SSSR count). The summed E-state index contributed by atoms with van der Waals surface area (Å²) in [5.74, 6) is -2.00. The van der Waals surface area contributed by atoms with E-state index in [9.17, 15) is 19.5 Å². The standard InChI is InChI=1S/C88H149NO8/c1-6-8-10-12-14-16-18-20-22-24-26-28-30-32-34-36-38-40-41-42-43-44-45-47-48-50-52-54-56-58-60-62-64-66-68-70-72-74-76-78-85(90)95-82-84(83-96-88(87(92)93)94-81-80-89(3,4)5)97-86(91)79-77-75-73-71-69-67-65-63-61-59-57-55-53-51-49-46-39-37-35-33-31-29-27-25-23-21-19-17-15-13-11-9-7-2/h8-11,14-17,20-23,26-29,32-35,39,46,51,53,84,88H,6-7,12-13,18-19,24-25,30-31,36-38,40-45,47-50,52,54-83H2,1-5H3/p+1/b10-8-,11-9-,16-14-,17-15-,22-20-,23-21-,28-26-,29-27-,34-32-,35-33-,46-39-,53-51-. The minimum absolute atomic E-state index is 0.183. The zero-order valence-electron chi connectivity index (χ0n) is 63.4. The first-order valence-corrected chi connectivity index (χ1v) is 40.0. The molecule has 0 aliphatic heterocycles. The number of carbonyl (C=O) groups is 3. The normalized spacial score (nSPS) is 13.5. The van der Waals surface area contributed by atoms with E-state index in [0.717, 1.165) is 122 Å². The van der Waals surface area contributed by atoms with Gasteiger partial charge in [0, 0.05) is 12.8 Å². The average Bonchev–Trinajstić information content (AvgIpc) is 2.59. The molecule has 0 aromatic carbocycles. The Hall–Kier alpha value is -4.83. The number of allylic oxidation sites excluding steroid dienone is 24. The monoisotopic (exact) mass is 1350 g/mol. The van der Waals surface area contributed by atoms with Crippen molar-refractivity contribution in [2.75, 3.05) is 47.5 Å². The maximum absolute atomic E-state index is 13.0. The van der Waals surface area contributed by atoms with Crippen LogP contribution in [0.1, 0.15) is 335 Å². The van der Waals surface area contributed by atoms with Gasteiger partial charge in [0.05, 0.1) is 34.4 Å². The zero-order chi connectivity index (χ0) is 70.4. The lowest BCUT2D eigenvalue weighted by molar-refractivity contribution is -0.870. The number of likely N-dealkylation sites (N-methyl/N-ethyl adjacent to an activating group) is 1. The Morgan fingerprint density at radius 1 is 0.309 bits per heavy atom. The van der Waals surface area contributed by atoms with Gasteiger partial charge in [0.1, 0.15) is 13.2 Å². The molecule has 0 aromatic rings. The van der Waals surface area contributed by atoms with Gasteiger partial charge in [-0.3, -0.25) is 9.59 Å². The molecule has 0 aliphatic carbocycles. The molecule has 9 nitrogen and oxygen atoms in total. The number of aliphatic carboxylic acids is 1. The Kier molecular flexibility index (Phi) is 73.1. The van der Waals surface area contributed by atoms with Crippen LogP contribution >= 0.6 is 0 Å². The predicted molar refractivity (Wildman–Crippen MR) is 419 cm³/mol. The van der Waals surface area contributed by atoms with E-state index in [2.05, 4.69) is 160 Å². The van der Waals surface area contributed by atoms with Crippen LogP contribution in [0.2, 0.25) is 0 Å². The van der Waals surface area contributed by atoms with E-state index in [1.807, 2.05) is 21.1 Å². The van der Waals surface area contributed by atoms with Crippen molar-refractivity contribution in [3.8, 4) is 0 Å². The molecule has 97 heavy (non-hydrogen) atoms. The molecule has 0 aromatic heterocycles. The van der Waals surface area contributed by atoms with E-state index in [1.54, 1.807) is 0 Å². The van der Waals surface area contributed by atoms with Crippen LogP contribution in [-0.2, 0) is 33.3 Å². The summed E-state index contributed by atoms with van der Waals surface area (Å²) < 4.78 is 23.0. The number of hydrogen-bond acceptors (Lipinski definition) is 7. The van der Waals surface area contributed by atoms with Crippen LogP contribution < -0.4 is 0 Å². The second kappa shape index (κ2) is 76.9. The molecule has 2 unspecified atom stereocenters. The summed E-state index contributed by atoms with van der Waals surface area (Å²) in [4.78, 5) is 37.8. The van der Waals surface area contributed by atoms with Crippen LogP contribution in [0.25, 0.3) is 0 Å². The highest BCUT2D eigenvalue weighted by atomic mass is 16.7. The smallest absolute Gasteiger partial charge is 0.361 e. The van der Waals surface area contributed by atoms with Gasteiger partial charge in [-0.05, 0) is 116 Å². The number of hydrogen-bond donors (Lipinski definition) is 1. The first-order valence-electron chi connectivity index (χ1n) is 40.0. The van der Waals surface area contributed by atoms with Gasteiger partial charge in [-0.25, -0.2) is 4.79 Å². The minimum Gasteiger partial charge on any atom is -0.477 e. The molecule has 0 spiro atoms. The molecule has 554 valence electrons. The fraction of sp³-hybridized carbons (Fsp3) is 0.693. The molecule has 2 atom stereocenters. The first kappa shape index (κ1) is 92.2. The number of nitrogens with zero attached hydrogens (tertiary/aromatic N) is 1. The number of ether oxygens (including phenoxy) is 4. The second-order valence-electron chi connectivity index (χ2n) is 27.6. The highest BCUT2D eigenvalue weighted by Crippen LogP contribution is 2.18. The third-order valence-electron chi connectivity index (χ3n) is 17.1. The van der Waals surface area contributed by atoms with Crippen LogP contribution in [0.3, 0.4) is 0 Å². The molecule has 0 bridgehead atoms. The molecule has 1 N–H and O–H groups in total. The number of carboxylic acids is 1. The molecule has 0 saturated heterocycles. The molecular weight excluding hydrogens is 1200 g/mol. The number of esters is 2. The summed E-state index contributed by atoms with van der Waals surface area (Å²) in [7, 11) is 5.98. The van der Waals surface area contributed by atoms with Gasteiger partial charge in [0.25, 0.3) is 6.29 Å². The van der Waals surface area contributed by atoms with Gasteiger partial charge in [0.2, 0.25) is 0 Å². The molecule has 9 heteroatoms. The second-order valence-corrected chi connectivity index (χ2v) is 27.6. The SMILES string of the molecule is CC/C=C\C/C=C\C/C=C\C/C=C\C/C=C\C/C=C\C/C=C\CCCCCCCCCCCCCC(=O)OC(COC(=O)CCCCCCCCCCCCCCCCCCCCCCCCC/C=C\C/C=C\C/C=C\C/C=C\C/C=C\CC)COC(OCC[N+](C)(C)C)C(=O)O. The van der Waals surface area contributed by atoms with Gasteiger partial charge in [0.15, 0.2) is 6.10 Å². The zero-order valence-corrected chi connectivity index (χ0v) is 63.4. The van der Waals surface area contributed by atoms with Crippen LogP contribution in [0.5, 0.6) is 0 Å². The fourth-order valence-electron chi connectivity index (χ4n) is 11.1. The van der Waals surface area contributed by atoms with Crippen molar-refractivity contribution in [1.82, 2.24) is 0 Å². The van der Waals surface area contributed by atoms with E-state index < -0.39 is 24.3 Å². The number of carboxylic acid groups (broad SMARTS) is 1. The summed E-state index contributed by atoms with van der Waals surface area (Å²) in [6.45, 7) is 4.67. The highest BCUT2D eigenvalue weighted by molar-refractivity contribution is 5.71. The van der Waals surface area contributed by atoms with Crippen molar-refractivity contribution in [2.24, 2.45) is 0 Å².